The highest BCUT2D eigenvalue weighted by Crippen LogP contribution is 2.34. The van der Waals surface area contributed by atoms with E-state index in [-0.39, 0.29) is 11.9 Å². The van der Waals surface area contributed by atoms with Crippen molar-refractivity contribution in [1.82, 2.24) is 9.97 Å². The van der Waals surface area contributed by atoms with Crippen LogP contribution < -0.4 is 21.7 Å². The molecule has 0 radical (unpaired) electrons. The molecule has 0 spiro atoms. The molecule has 1 heterocycles. The molecular formula is C24H22F3N7O. The topological polar surface area (TPSA) is 117 Å². The third kappa shape index (κ3) is 6.67. The Morgan fingerprint density at radius 3 is 2.46 bits per heavy atom. The van der Waals surface area contributed by atoms with E-state index in [1.807, 2.05) is 0 Å². The van der Waals surface area contributed by atoms with E-state index < -0.39 is 11.7 Å². The number of carbonyl (C=O) groups excluding carboxylic acids is 1. The number of allylic oxidation sites excluding steroid dienone is 1. The molecule has 0 atom stereocenters. The van der Waals surface area contributed by atoms with Gasteiger partial charge in [-0.25, -0.2) is 4.98 Å². The number of nitrogens with zero attached hydrogens (tertiary/aromatic N) is 3. The van der Waals surface area contributed by atoms with E-state index in [1.54, 1.807) is 31.3 Å². The lowest BCUT2D eigenvalue weighted by molar-refractivity contribution is -0.137. The van der Waals surface area contributed by atoms with Crippen LogP contribution in [0.5, 0.6) is 0 Å². The molecule has 0 unspecified atom stereocenters. The molecule has 3 aromatic rings. The van der Waals surface area contributed by atoms with E-state index in [2.05, 4.69) is 37.5 Å². The molecule has 5 N–H and O–H groups in total. The van der Waals surface area contributed by atoms with Gasteiger partial charge >= 0.3 is 6.18 Å². The van der Waals surface area contributed by atoms with E-state index >= 15 is 0 Å². The van der Waals surface area contributed by atoms with Crippen molar-refractivity contribution < 1.29 is 18.0 Å². The molecule has 0 bridgehead atoms. The van der Waals surface area contributed by atoms with Crippen molar-refractivity contribution in [2.45, 2.75) is 6.18 Å². The normalized spacial score (nSPS) is 11.8. The Morgan fingerprint density at radius 1 is 1.11 bits per heavy atom. The zero-order chi connectivity index (χ0) is 25.4. The monoisotopic (exact) mass is 481 g/mol. The van der Waals surface area contributed by atoms with Crippen LogP contribution in [0, 0.1) is 0 Å². The second-order valence-corrected chi connectivity index (χ2v) is 7.06. The minimum absolute atomic E-state index is 0.177. The molecule has 0 saturated carbocycles. The van der Waals surface area contributed by atoms with Gasteiger partial charge in [-0.3, -0.25) is 9.79 Å². The van der Waals surface area contributed by atoms with Crippen LogP contribution in [0.4, 0.5) is 36.3 Å². The summed E-state index contributed by atoms with van der Waals surface area (Å²) in [6.45, 7) is 3.42. The first-order chi connectivity index (χ1) is 16.7. The molecule has 0 aliphatic carbocycles. The van der Waals surface area contributed by atoms with Crippen molar-refractivity contribution in [2.24, 2.45) is 10.7 Å². The number of alkyl halides is 3. The lowest BCUT2D eigenvalue weighted by Gasteiger charge is -2.15. The van der Waals surface area contributed by atoms with Gasteiger partial charge in [0.15, 0.2) is 0 Å². The smallest absolute Gasteiger partial charge is 0.403 e. The number of amides is 1. The van der Waals surface area contributed by atoms with Crippen LogP contribution in [-0.4, -0.2) is 29.1 Å². The molecule has 180 valence electrons. The summed E-state index contributed by atoms with van der Waals surface area (Å²) < 4.78 is 39.0. The Kier molecular flexibility index (Phi) is 7.82. The molecule has 3 rings (SSSR count). The van der Waals surface area contributed by atoms with E-state index in [9.17, 15) is 18.0 Å². The van der Waals surface area contributed by atoms with Crippen molar-refractivity contribution in [3.8, 4) is 11.1 Å². The summed E-state index contributed by atoms with van der Waals surface area (Å²) in [5.74, 6) is 0.106. The molecule has 1 amide bonds. The van der Waals surface area contributed by atoms with Crippen LogP contribution in [0.1, 0.15) is 5.56 Å². The molecule has 0 saturated heterocycles. The third-order valence-electron chi connectivity index (χ3n) is 4.59. The zero-order valence-electron chi connectivity index (χ0n) is 18.6. The Labute approximate surface area is 199 Å². The van der Waals surface area contributed by atoms with Crippen LogP contribution in [0.15, 0.2) is 84.3 Å². The number of nitrogens with one attached hydrogen (secondary N) is 3. The average Bonchev–Trinajstić information content (AvgIpc) is 2.83. The Balaban J connectivity index is 2.02. The molecule has 0 fully saturated rings. The highest BCUT2D eigenvalue weighted by Gasteiger charge is 2.30. The van der Waals surface area contributed by atoms with Crippen LogP contribution >= 0.6 is 0 Å². The number of nitrogens with two attached hydrogens (primary N) is 1. The fourth-order valence-corrected chi connectivity index (χ4v) is 2.98. The molecule has 0 aliphatic rings. The standard InChI is InChI=1S/C24H22F3N7O/c1-3-21(35)31-17-5-4-6-18(11-17)32-22-20(15-7-9-16(10-8-15)24(25,26)27)14-30-23(34-22)33-19(12-28)13-29-2/h3-14H,1,28H2,2H3,(H,31,35)(H2,30,32,33,34)/b19-12+,29-13?. The summed E-state index contributed by atoms with van der Waals surface area (Å²) in [5.41, 5.74) is 7.25. The van der Waals surface area contributed by atoms with E-state index in [4.69, 9.17) is 5.73 Å². The number of aromatic nitrogens is 2. The highest BCUT2D eigenvalue weighted by atomic mass is 19.4. The number of halogens is 3. The van der Waals surface area contributed by atoms with Gasteiger partial charge < -0.3 is 21.7 Å². The predicted molar refractivity (Wildman–Crippen MR) is 131 cm³/mol. The number of hydrogen-bond acceptors (Lipinski definition) is 7. The minimum atomic E-state index is -4.45. The quantitative estimate of drug-likeness (QED) is 0.267. The first-order valence-electron chi connectivity index (χ1n) is 10.2. The lowest BCUT2D eigenvalue weighted by atomic mass is 10.1. The number of benzene rings is 2. The van der Waals surface area contributed by atoms with Crippen LogP contribution in [0.3, 0.4) is 0 Å². The van der Waals surface area contributed by atoms with Gasteiger partial charge in [0.25, 0.3) is 0 Å². The summed E-state index contributed by atoms with van der Waals surface area (Å²) in [5, 5.41) is 8.71. The summed E-state index contributed by atoms with van der Waals surface area (Å²) in [4.78, 5) is 24.2. The van der Waals surface area contributed by atoms with Gasteiger partial charge in [-0.05, 0) is 42.0 Å². The van der Waals surface area contributed by atoms with E-state index in [1.165, 1.54) is 30.7 Å². The van der Waals surface area contributed by atoms with Gasteiger partial charge in [-0.15, -0.1) is 0 Å². The second kappa shape index (κ2) is 11.0. The van der Waals surface area contributed by atoms with Gasteiger partial charge in [-0.2, -0.15) is 18.2 Å². The maximum atomic E-state index is 13.0. The van der Waals surface area contributed by atoms with Crippen LogP contribution in [-0.2, 0) is 11.0 Å². The van der Waals surface area contributed by atoms with Gasteiger partial charge in [0, 0.05) is 42.6 Å². The fourth-order valence-electron chi connectivity index (χ4n) is 2.98. The Hall–Kier alpha value is -4.67. The minimum Gasteiger partial charge on any atom is -0.403 e. The first-order valence-corrected chi connectivity index (χ1v) is 10.2. The Morgan fingerprint density at radius 2 is 1.83 bits per heavy atom. The van der Waals surface area contributed by atoms with Crippen molar-refractivity contribution in [3.05, 3.63) is 84.8 Å². The fraction of sp³-hybridized carbons (Fsp3) is 0.0833. The number of carbonyl (C=O) groups is 1. The molecule has 11 heteroatoms. The lowest BCUT2D eigenvalue weighted by Crippen LogP contribution is -2.09. The van der Waals surface area contributed by atoms with E-state index in [0.717, 1.165) is 18.2 Å². The molecule has 1 aromatic heterocycles. The van der Waals surface area contributed by atoms with Gasteiger partial charge in [0.2, 0.25) is 11.9 Å². The summed E-state index contributed by atoms with van der Waals surface area (Å²) in [6.07, 6.45) is 0.936. The largest absolute Gasteiger partial charge is 0.416 e. The van der Waals surface area contributed by atoms with Crippen molar-refractivity contribution in [2.75, 3.05) is 23.0 Å². The SMILES string of the molecule is C=CC(=O)Nc1cccc(Nc2nc(N/C(C=NC)=C/N)ncc2-c2ccc(C(F)(F)F)cc2)c1. The zero-order valence-corrected chi connectivity index (χ0v) is 18.6. The van der Waals surface area contributed by atoms with Gasteiger partial charge in [-0.1, -0.05) is 24.8 Å². The maximum absolute atomic E-state index is 13.0. The highest BCUT2D eigenvalue weighted by molar-refractivity contribution is 5.99. The molecule has 35 heavy (non-hydrogen) atoms. The number of anilines is 4. The molecule has 8 nitrogen and oxygen atoms in total. The van der Waals surface area contributed by atoms with Gasteiger partial charge in [0.1, 0.15) is 5.82 Å². The van der Waals surface area contributed by atoms with Crippen molar-refractivity contribution in [3.63, 3.8) is 0 Å². The van der Waals surface area contributed by atoms with E-state index in [0.29, 0.717) is 34.0 Å². The second-order valence-electron chi connectivity index (χ2n) is 7.06. The maximum Gasteiger partial charge on any atom is 0.416 e. The van der Waals surface area contributed by atoms with Crippen LogP contribution in [0.2, 0.25) is 0 Å². The summed E-state index contributed by atoms with van der Waals surface area (Å²) in [7, 11) is 1.57. The molecule has 0 aliphatic heterocycles. The molecular weight excluding hydrogens is 459 g/mol. The summed E-state index contributed by atoms with van der Waals surface area (Å²) in [6, 6.07) is 11.5. The number of aliphatic imine (C=N–C) groups is 1. The summed E-state index contributed by atoms with van der Waals surface area (Å²) >= 11 is 0. The average molecular weight is 481 g/mol. The molecule has 2 aromatic carbocycles. The third-order valence-corrected chi connectivity index (χ3v) is 4.59. The first kappa shape index (κ1) is 25.0. The predicted octanol–water partition coefficient (Wildman–Crippen LogP) is 4.94. The van der Waals surface area contributed by atoms with Gasteiger partial charge in [0.05, 0.1) is 11.3 Å². The number of rotatable bonds is 8. The van der Waals surface area contributed by atoms with Crippen molar-refractivity contribution >= 4 is 35.3 Å². The number of hydrogen-bond donors (Lipinski definition) is 4. The Bertz CT molecular complexity index is 1270. The van der Waals surface area contributed by atoms with Crippen molar-refractivity contribution in [1.29, 1.82) is 0 Å². The van der Waals surface area contributed by atoms with Crippen LogP contribution in [0.25, 0.3) is 11.1 Å².